The van der Waals surface area contributed by atoms with Gasteiger partial charge in [0, 0.05) is 24.2 Å². The van der Waals surface area contributed by atoms with Crippen LogP contribution in [0.2, 0.25) is 0 Å². The highest BCUT2D eigenvalue weighted by molar-refractivity contribution is 5.22. The van der Waals surface area contributed by atoms with E-state index in [2.05, 4.69) is 18.7 Å². The Morgan fingerprint density at radius 1 is 1.17 bits per heavy atom. The molecule has 0 aliphatic carbocycles. The highest BCUT2D eigenvalue weighted by atomic mass is 19.1. The Bertz CT molecular complexity index is 363. The van der Waals surface area contributed by atoms with E-state index in [4.69, 9.17) is 5.73 Å². The fraction of sp³-hybridized carbons (Fsp3) is 0.571. The summed E-state index contributed by atoms with van der Waals surface area (Å²) in [6.45, 7) is 6.71. The van der Waals surface area contributed by atoms with E-state index in [1.165, 1.54) is 12.1 Å². The van der Waals surface area contributed by atoms with Gasteiger partial charge < -0.3 is 10.6 Å². The molecule has 0 amide bonds. The van der Waals surface area contributed by atoms with E-state index in [0.29, 0.717) is 12.1 Å². The third-order valence-corrected chi connectivity index (χ3v) is 2.90. The van der Waals surface area contributed by atoms with Crippen molar-refractivity contribution in [3.8, 4) is 0 Å². The molecule has 0 aromatic heterocycles. The van der Waals surface area contributed by atoms with Crippen molar-refractivity contribution in [2.75, 3.05) is 19.6 Å². The Labute approximate surface area is 108 Å². The van der Waals surface area contributed by atoms with Crippen LogP contribution in [-0.2, 0) is 0 Å². The highest BCUT2D eigenvalue weighted by Crippen LogP contribution is 2.17. The van der Waals surface area contributed by atoms with Crippen molar-refractivity contribution in [3.63, 3.8) is 0 Å². The molecule has 2 nitrogen and oxygen atoms in total. The molecule has 0 spiro atoms. The summed E-state index contributed by atoms with van der Waals surface area (Å²) in [5, 5.41) is 0. The van der Waals surface area contributed by atoms with E-state index < -0.39 is 17.7 Å². The summed E-state index contributed by atoms with van der Waals surface area (Å²) >= 11 is 0. The van der Waals surface area contributed by atoms with Gasteiger partial charge in [0.05, 0.1) is 0 Å². The van der Waals surface area contributed by atoms with Crippen molar-refractivity contribution in [2.45, 2.75) is 32.7 Å². The van der Waals surface area contributed by atoms with E-state index in [1.807, 2.05) is 0 Å². The fourth-order valence-electron chi connectivity index (χ4n) is 2.11. The van der Waals surface area contributed by atoms with Crippen molar-refractivity contribution in [3.05, 3.63) is 35.4 Å². The maximum atomic E-state index is 13.6. The minimum atomic E-state index is -0.567. The van der Waals surface area contributed by atoms with Crippen molar-refractivity contribution in [1.82, 2.24) is 4.90 Å². The standard InChI is InChI=1S/C14H22F2N2/c1-3-7-18(8-4-2)10-14(17)12-6-5-11(15)9-13(12)16/h5-6,9,14H,3-4,7-8,10,17H2,1-2H3. The van der Waals surface area contributed by atoms with Gasteiger partial charge in [-0.3, -0.25) is 0 Å². The van der Waals surface area contributed by atoms with Gasteiger partial charge in [-0.25, -0.2) is 8.78 Å². The number of hydrogen-bond donors (Lipinski definition) is 1. The van der Waals surface area contributed by atoms with E-state index in [9.17, 15) is 8.78 Å². The third-order valence-electron chi connectivity index (χ3n) is 2.90. The maximum Gasteiger partial charge on any atom is 0.130 e. The number of rotatable bonds is 7. The second-order valence-electron chi connectivity index (χ2n) is 4.57. The molecule has 0 saturated heterocycles. The number of benzene rings is 1. The zero-order chi connectivity index (χ0) is 13.5. The second kappa shape index (κ2) is 7.44. The van der Waals surface area contributed by atoms with Crippen LogP contribution in [0.4, 0.5) is 8.78 Å². The van der Waals surface area contributed by atoms with Crippen LogP contribution in [0.3, 0.4) is 0 Å². The molecule has 0 aliphatic rings. The van der Waals surface area contributed by atoms with Gasteiger partial charge in [0.25, 0.3) is 0 Å². The number of nitrogens with two attached hydrogens (primary N) is 1. The van der Waals surface area contributed by atoms with Crippen molar-refractivity contribution in [1.29, 1.82) is 0 Å². The van der Waals surface area contributed by atoms with Crippen LogP contribution >= 0.6 is 0 Å². The molecule has 0 radical (unpaired) electrons. The van der Waals surface area contributed by atoms with Crippen LogP contribution in [0, 0.1) is 11.6 Å². The lowest BCUT2D eigenvalue weighted by atomic mass is 10.1. The lowest BCUT2D eigenvalue weighted by molar-refractivity contribution is 0.256. The first-order valence-electron chi connectivity index (χ1n) is 6.51. The molecule has 1 atom stereocenters. The Balaban J connectivity index is 2.70. The van der Waals surface area contributed by atoms with Gasteiger partial charge in [0.15, 0.2) is 0 Å². The SMILES string of the molecule is CCCN(CCC)CC(N)c1ccc(F)cc1F. The zero-order valence-electron chi connectivity index (χ0n) is 11.1. The lowest BCUT2D eigenvalue weighted by Crippen LogP contribution is -2.33. The normalized spacial score (nSPS) is 13.0. The summed E-state index contributed by atoms with van der Waals surface area (Å²) in [6, 6.07) is 3.16. The van der Waals surface area contributed by atoms with Crippen LogP contribution in [0.1, 0.15) is 38.3 Å². The molecule has 1 rings (SSSR count). The van der Waals surface area contributed by atoms with Gasteiger partial charge >= 0.3 is 0 Å². The van der Waals surface area contributed by atoms with Crippen molar-refractivity contribution >= 4 is 0 Å². The first kappa shape index (κ1) is 15.1. The second-order valence-corrected chi connectivity index (χ2v) is 4.57. The molecule has 1 aromatic carbocycles. The Morgan fingerprint density at radius 3 is 2.28 bits per heavy atom. The molecule has 4 heteroatoms. The van der Waals surface area contributed by atoms with Crippen LogP contribution in [0.5, 0.6) is 0 Å². The number of nitrogens with zero attached hydrogens (tertiary/aromatic N) is 1. The van der Waals surface area contributed by atoms with Gasteiger partial charge in [0.2, 0.25) is 0 Å². The summed E-state index contributed by atoms with van der Waals surface area (Å²) in [5.41, 5.74) is 6.39. The predicted octanol–water partition coefficient (Wildman–Crippen LogP) is 3.09. The van der Waals surface area contributed by atoms with Crippen LogP contribution < -0.4 is 5.73 Å². The molecule has 2 N–H and O–H groups in total. The molecular formula is C14H22F2N2. The summed E-state index contributed by atoms with van der Waals surface area (Å²) in [4.78, 5) is 2.22. The monoisotopic (exact) mass is 256 g/mol. The average molecular weight is 256 g/mol. The van der Waals surface area contributed by atoms with Crippen LogP contribution in [-0.4, -0.2) is 24.5 Å². The van der Waals surface area contributed by atoms with Crippen molar-refractivity contribution in [2.24, 2.45) is 5.73 Å². The molecule has 18 heavy (non-hydrogen) atoms. The molecule has 0 aliphatic heterocycles. The van der Waals surface area contributed by atoms with Crippen LogP contribution in [0.15, 0.2) is 18.2 Å². The first-order chi connectivity index (χ1) is 8.58. The summed E-state index contributed by atoms with van der Waals surface area (Å²) in [7, 11) is 0. The summed E-state index contributed by atoms with van der Waals surface area (Å²) in [6.07, 6.45) is 2.08. The van der Waals surface area contributed by atoms with Gasteiger partial charge in [-0.1, -0.05) is 19.9 Å². The lowest BCUT2D eigenvalue weighted by Gasteiger charge is -2.25. The minimum Gasteiger partial charge on any atom is -0.323 e. The minimum absolute atomic E-state index is 0.383. The molecule has 102 valence electrons. The van der Waals surface area contributed by atoms with Gasteiger partial charge in [-0.05, 0) is 32.0 Å². The average Bonchev–Trinajstić information content (AvgIpc) is 2.29. The van der Waals surface area contributed by atoms with E-state index in [1.54, 1.807) is 0 Å². The van der Waals surface area contributed by atoms with E-state index in [-0.39, 0.29) is 0 Å². The predicted molar refractivity (Wildman–Crippen MR) is 70.3 cm³/mol. The molecule has 0 bridgehead atoms. The Morgan fingerprint density at radius 2 is 1.78 bits per heavy atom. The van der Waals surface area contributed by atoms with E-state index >= 15 is 0 Å². The largest absolute Gasteiger partial charge is 0.323 e. The summed E-state index contributed by atoms with van der Waals surface area (Å²) < 4.78 is 26.4. The highest BCUT2D eigenvalue weighted by Gasteiger charge is 2.15. The quantitative estimate of drug-likeness (QED) is 0.812. The van der Waals surface area contributed by atoms with Crippen molar-refractivity contribution < 1.29 is 8.78 Å². The maximum absolute atomic E-state index is 13.6. The van der Waals surface area contributed by atoms with Gasteiger partial charge in [-0.15, -0.1) is 0 Å². The molecular weight excluding hydrogens is 234 g/mol. The van der Waals surface area contributed by atoms with Gasteiger partial charge in [-0.2, -0.15) is 0 Å². The first-order valence-corrected chi connectivity index (χ1v) is 6.51. The van der Waals surface area contributed by atoms with E-state index in [0.717, 1.165) is 32.0 Å². The molecule has 0 fully saturated rings. The Kier molecular flexibility index (Phi) is 6.22. The molecule has 0 saturated carbocycles. The third kappa shape index (κ3) is 4.35. The smallest absolute Gasteiger partial charge is 0.130 e. The number of halogens is 2. The summed E-state index contributed by atoms with van der Waals surface area (Å²) in [5.74, 6) is -1.13. The fourth-order valence-corrected chi connectivity index (χ4v) is 2.11. The van der Waals surface area contributed by atoms with Gasteiger partial charge in [0.1, 0.15) is 11.6 Å². The number of hydrogen-bond acceptors (Lipinski definition) is 2. The zero-order valence-corrected chi connectivity index (χ0v) is 11.1. The molecule has 0 heterocycles. The van der Waals surface area contributed by atoms with Crippen LogP contribution in [0.25, 0.3) is 0 Å². The topological polar surface area (TPSA) is 29.3 Å². The Hall–Kier alpha value is -1.00. The molecule has 1 aromatic rings. The molecule has 1 unspecified atom stereocenters.